The SMILES string of the molecule is O=C1S/C(=C/c2cccc(OCc3ccc(F)cc3)c2)C(=O)N1c1ccc(Cl)c(Cl)c1. The molecule has 0 saturated carbocycles. The van der Waals surface area contributed by atoms with Crippen molar-refractivity contribution < 1.29 is 18.7 Å². The lowest BCUT2D eigenvalue weighted by atomic mass is 10.2. The summed E-state index contributed by atoms with van der Waals surface area (Å²) in [6, 6.07) is 17.8. The van der Waals surface area contributed by atoms with Crippen LogP contribution in [0.25, 0.3) is 6.08 Å². The molecule has 4 rings (SSSR count). The summed E-state index contributed by atoms with van der Waals surface area (Å²) >= 11 is 12.8. The number of amides is 2. The molecule has 0 spiro atoms. The van der Waals surface area contributed by atoms with Crippen LogP contribution in [0.15, 0.2) is 71.6 Å². The van der Waals surface area contributed by atoms with Crippen LogP contribution in [0.1, 0.15) is 11.1 Å². The number of rotatable bonds is 5. The second-order valence-electron chi connectivity index (χ2n) is 6.60. The quantitative estimate of drug-likeness (QED) is 0.376. The molecule has 1 fully saturated rings. The molecule has 156 valence electrons. The minimum atomic E-state index is -0.439. The number of hydrogen-bond donors (Lipinski definition) is 0. The number of halogens is 3. The maximum atomic E-state index is 13.0. The van der Waals surface area contributed by atoms with E-state index in [2.05, 4.69) is 0 Å². The van der Waals surface area contributed by atoms with E-state index in [0.29, 0.717) is 22.0 Å². The predicted octanol–water partition coefficient (Wildman–Crippen LogP) is 6.95. The number of benzene rings is 3. The van der Waals surface area contributed by atoms with Crippen LogP contribution in [-0.4, -0.2) is 11.1 Å². The molecule has 0 bridgehead atoms. The standard InChI is InChI=1S/C23H14Cl2FNO3S/c24-19-9-8-17(12-20(19)25)27-22(28)21(31-23(27)29)11-15-2-1-3-18(10-15)30-13-14-4-6-16(26)7-5-14/h1-12H,13H2/b21-11+. The number of nitrogens with zero attached hydrogens (tertiary/aromatic N) is 1. The summed E-state index contributed by atoms with van der Waals surface area (Å²) in [5.41, 5.74) is 1.89. The first-order chi connectivity index (χ1) is 14.9. The number of carbonyl (C=O) groups excluding carboxylic acids is 2. The number of imide groups is 1. The molecule has 31 heavy (non-hydrogen) atoms. The van der Waals surface area contributed by atoms with Gasteiger partial charge in [0.05, 0.1) is 20.6 Å². The van der Waals surface area contributed by atoms with E-state index in [9.17, 15) is 14.0 Å². The van der Waals surface area contributed by atoms with E-state index in [1.165, 1.54) is 24.3 Å². The number of thioether (sulfide) groups is 1. The molecule has 0 aliphatic carbocycles. The van der Waals surface area contributed by atoms with Crippen molar-refractivity contribution in [2.75, 3.05) is 4.90 Å². The third kappa shape index (κ3) is 4.93. The Bertz CT molecular complexity index is 1200. The highest BCUT2D eigenvalue weighted by Gasteiger charge is 2.36. The molecule has 0 aromatic heterocycles. The maximum Gasteiger partial charge on any atom is 0.298 e. The van der Waals surface area contributed by atoms with Crippen molar-refractivity contribution in [3.63, 3.8) is 0 Å². The van der Waals surface area contributed by atoms with Crippen LogP contribution in [0.5, 0.6) is 5.75 Å². The van der Waals surface area contributed by atoms with Crippen molar-refractivity contribution in [2.45, 2.75) is 6.61 Å². The summed E-state index contributed by atoms with van der Waals surface area (Å²) < 4.78 is 18.8. The van der Waals surface area contributed by atoms with E-state index >= 15 is 0 Å². The van der Waals surface area contributed by atoms with Gasteiger partial charge >= 0.3 is 0 Å². The monoisotopic (exact) mass is 473 g/mol. The number of carbonyl (C=O) groups is 2. The largest absolute Gasteiger partial charge is 0.489 e. The highest BCUT2D eigenvalue weighted by molar-refractivity contribution is 8.19. The number of hydrogen-bond acceptors (Lipinski definition) is 4. The zero-order chi connectivity index (χ0) is 22.0. The summed E-state index contributed by atoms with van der Waals surface area (Å²) in [4.78, 5) is 26.6. The third-order valence-corrected chi connectivity index (χ3v) is 6.04. The summed E-state index contributed by atoms with van der Waals surface area (Å²) in [6.07, 6.45) is 1.63. The zero-order valence-corrected chi connectivity index (χ0v) is 18.2. The Morgan fingerprint density at radius 3 is 2.48 bits per heavy atom. The Kier molecular flexibility index (Phi) is 6.32. The van der Waals surface area contributed by atoms with Gasteiger partial charge in [0.15, 0.2) is 0 Å². The minimum absolute atomic E-state index is 0.258. The average Bonchev–Trinajstić information content (AvgIpc) is 3.03. The third-order valence-electron chi connectivity index (χ3n) is 4.43. The Balaban J connectivity index is 1.51. The van der Waals surface area contributed by atoms with Crippen molar-refractivity contribution in [2.24, 2.45) is 0 Å². The molecule has 1 saturated heterocycles. The maximum absolute atomic E-state index is 13.0. The molecule has 3 aromatic rings. The van der Waals surface area contributed by atoms with Gasteiger partial charge in [-0.2, -0.15) is 0 Å². The minimum Gasteiger partial charge on any atom is -0.489 e. The fourth-order valence-corrected chi connectivity index (χ4v) is 4.04. The van der Waals surface area contributed by atoms with Gasteiger partial charge in [-0.1, -0.05) is 47.5 Å². The van der Waals surface area contributed by atoms with Gasteiger partial charge in [0.2, 0.25) is 0 Å². The second kappa shape index (κ2) is 9.14. The van der Waals surface area contributed by atoms with Crippen LogP contribution < -0.4 is 9.64 Å². The molecule has 1 aliphatic heterocycles. The molecule has 4 nitrogen and oxygen atoms in total. The van der Waals surface area contributed by atoms with Crippen LogP contribution in [-0.2, 0) is 11.4 Å². The van der Waals surface area contributed by atoms with Gasteiger partial charge in [-0.05, 0) is 71.4 Å². The normalized spacial score (nSPS) is 15.1. The van der Waals surface area contributed by atoms with Gasteiger partial charge in [-0.25, -0.2) is 9.29 Å². The van der Waals surface area contributed by atoms with Crippen molar-refractivity contribution in [3.05, 3.63) is 98.6 Å². The second-order valence-corrected chi connectivity index (χ2v) is 8.41. The van der Waals surface area contributed by atoms with E-state index in [1.54, 1.807) is 48.5 Å². The lowest BCUT2D eigenvalue weighted by Crippen LogP contribution is -2.27. The smallest absolute Gasteiger partial charge is 0.298 e. The van der Waals surface area contributed by atoms with Gasteiger partial charge in [0, 0.05) is 0 Å². The first kappa shape index (κ1) is 21.4. The molecule has 0 unspecified atom stereocenters. The van der Waals surface area contributed by atoms with E-state index in [-0.39, 0.29) is 22.4 Å². The fraction of sp³-hybridized carbons (Fsp3) is 0.0435. The highest BCUT2D eigenvalue weighted by Crippen LogP contribution is 2.37. The molecule has 0 N–H and O–H groups in total. The van der Waals surface area contributed by atoms with E-state index in [0.717, 1.165) is 22.2 Å². The Hall–Kier alpha value is -2.80. The van der Waals surface area contributed by atoms with Gasteiger partial charge in [0.25, 0.3) is 11.1 Å². The number of anilines is 1. The van der Waals surface area contributed by atoms with Crippen LogP contribution in [0, 0.1) is 5.82 Å². The molecule has 2 amide bonds. The Labute approximate surface area is 192 Å². The van der Waals surface area contributed by atoms with E-state index in [4.69, 9.17) is 27.9 Å². The number of ether oxygens (including phenoxy) is 1. The Morgan fingerprint density at radius 2 is 1.74 bits per heavy atom. The van der Waals surface area contributed by atoms with Crippen LogP contribution in [0.4, 0.5) is 14.9 Å². The van der Waals surface area contributed by atoms with Gasteiger partial charge in [-0.3, -0.25) is 9.59 Å². The molecule has 0 atom stereocenters. The first-order valence-corrected chi connectivity index (χ1v) is 10.7. The first-order valence-electron chi connectivity index (χ1n) is 9.11. The van der Waals surface area contributed by atoms with Gasteiger partial charge in [0.1, 0.15) is 18.2 Å². The van der Waals surface area contributed by atoms with Crippen molar-refractivity contribution >= 4 is 57.9 Å². The average molecular weight is 474 g/mol. The van der Waals surface area contributed by atoms with E-state index in [1.807, 2.05) is 0 Å². The van der Waals surface area contributed by atoms with Crippen LogP contribution in [0.3, 0.4) is 0 Å². The molecule has 0 radical (unpaired) electrons. The molecular weight excluding hydrogens is 460 g/mol. The van der Waals surface area contributed by atoms with Gasteiger partial charge in [-0.15, -0.1) is 0 Å². The van der Waals surface area contributed by atoms with Crippen LogP contribution in [0.2, 0.25) is 10.0 Å². The Morgan fingerprint density at radius 1 is 0.968 bits per heavy atom. The zero-order valence-electron chi connectivity index (χ0n) is 15.8. The van der Waals surface area contributed by atoms with Crippen molar-refractivity contribution in [1.82, 2.24) is 0 Å². The molecule has 3 aromatic carbocycles. The molecule has 1 heterocycles. The summed E-state index contributed by atoms with van der Waals surface area (Å²) in [5.74, 6) is -0.159. The lowest BCUT2D eigenvalue weighted by molar-refractivity contribution is -0.113. The lowest BCUT2D eigenvalue weighted by Gasteiger charge is -2.13. The van der Waals surface area contributed by atoms with Crippen LogP contribution >= 0.6 is 35.0 Å². The summed E-state index contributed by atoms with van der Waals surface area (Å²) in [5, 5.41) is 0.178. The van der Waals surface area contributed by atoms with Crippen molar-refractivity contribution in [3.8, 4) is 5.75 Å². The van der Waals surface area contributed by atoms with Gasteiger partial charge < -0.3 is 4.74 Å². The predicted molar refractivity (Wildman–Crippen MR) is 122 cm³/mol. The van der Waals surface area contributed by atoms with Crippen molar-refractivity contribution in [1.29, 1.82) is 0 Å². The molecular formula is C23H14Cl2FNO3S. The molecule has 8 heteroatoms. The highest BCUT2D eigenvalue weighted by atomic mass is 35.5. The fourth-order valence-electron chi connectivity index (χ4n) is 2.91. The molecule has 1 aliphatic rings. The van der Waals surface area contributed by atoms with E-state index < -0.39 is 11.1 Å². The topological polar surface area (TPSA) is 46.6 Å². The summed E-state index contributed by atoms with van der Waals surface area (Å²) in [6.45, 7) is 0.275. The summed E-state index contributed by atoms with van der Waals surface area (Å²) in [7, 11) is 0.